The van der Waals surface area contributed by atoms with Crippen LogP contribution in [0.2, 0.25) is 0 Å². The Morgan fingerprint density at radius 2 is 2.44 bits per heavy atom. The minimum absolute atomic E-state index is 0.615. The van der Waals surface area contributed by atoms with Crippen molar-refractivity contribution >= 4 is 0 Å². The molecule has 1 heterocycles. The molecule has 1 radical (unpaired) electrons. The Bertz CT molecular complexity index is 64.6. The number of hydrogen-bond donors (Lipinski definition) is 1. The molecule has 0 aliphatic carbocycles. The van der Waals surface area contributed by atoms with Gasteiger partial charge in [-0.15, -0.1) is 0 Å². The van der Waals surface area contributed by atoms with E-state index in [4.69, 9.17) is 0 Å². The highest BCUT2D eigenvalue weighted by atomic mass is 15.0. The molecule has 1 N–H and O–H groups in total. The van der Waals surface area contributed by atoms with Crippen LogP contribution in [0.1, 0.15) is 19.3 Å². The minimum atomic E-state index is 0.615. The summed E-state index contributed by atoms with van der Waals surface area (Å²) in [6.45, 7) is 2.16. The SMILES string of the molecule is CNCC1CCCC[N]1. The van der Waals surface area contributed by atoms with E-state index in [1.54, 1.807) is 0 Å². The highest BCUT2D eigenvalue weighted by Crippen LogP contribution is 2.06. The lowest BCUT2D eigenvalue weighted by atomic mass is 10.1. The molecule has 0 saturated carbocycles. The fourth-order valence-electron chi connectivity index (χ4n) is 1.26. The summed E-state index contributed by atoms with van der Waals surface area (Å²) in [6.07, 6.45) is 3.97. The van der Waals surface area contributed by atoms with E-state index in [1.165, 1.54) is 19.3 Å². The fraction of sp³-hybridized carbons (Fsp3) is 1.00. The summed E-state index contributed by atoms with van der Waals surface area (Å²) in [5.41, 5.74) is 0. The first kappa shape index (κ1) is 7.03. The molecular weight excluding hydrogens is 112 g/mol. The van der Waals surface area contributed by atoms with Crippen LogP contribution in [0.5, 0.6) is 0 Å². The van der Waals surface area contributed by atoms with Gasteiger partial charge in [-0.3, -0.25) is 0 Å². The molecule has 1 saturated heterocycles. The van der Waals surface area contributed by atoms with Gasteiger partial charge in [-0.05, 0) is 19.9 Å². The van der Waals surface area contributed by atoms with Gasteiger partial charge in [-0.1, -0.05) is 6.42 Å². The third-order valence-corrected chi connectivity index (χ3v) is 1.77. The van der Waals surface area contributed by atoms with Crippen molar-refractivity contribution < 1.29 is 0 Å². The molecule has 0 aromatic heterocycles. The second kappa shape index (κ2) is 3.85. The van der Waals surface area contributed by atoms with E-state index in [2.05, 4.69) is 10.6 Å². The third-order valence-electron chi connectivity index (χ3n) is 1.77. The van der Waals surface area contributed by atoms with E-state index in [-0.39, 0.29) is 0 Å². The number of hydrogen-bond acceptors (Lipinski definition) is 1. The van der Waals surface area contributed by atoms with Crippen LogP contribution < -0.4 is 10.6 Å². The van der Waals surface area contributed by atoms with Crippen molar-refractivity contribution in [2.24, 2.45) is 0 Å². The Morgan fingerprint density at radius 3 is 3.00 bits per heavy atom. The first-order valence-corrected chi connectivity index (χ1v) is 3.74. The van der Waals surface area contributed by atoms with Gasteiger partial charge in [0.15, 0.2) is 0 Å². The average molecular weight is 127 g/mol. The van der Waals surface area contributed by atoms with Crippen LogP contribution >= 0.6 is 0 Å². The van der Waals surface area contributed by atoms with Crippen LogP contribution in [-0.4, -0.2) is 26.2 Å². The van der Waals surface area contributed by atoms with Crippen LogP contribution in [-0.2, 0) is 0 Å². The minimum Gasteiger partial charge on any atom is -0.318 e. The molecule has 0 amide bonds. The van der Waals surface area contributed by atoms with Gasteiger partial charge < -0.3 is 5.32 Å². The first-order chi connectivity index (χ1) is 4.43. The zero-order chi connectivity index (χ0) is 6.53. The molecule has 1 rings (SSSR count). The van der Waals surface area contributed by atoms with E-state index in [0.29, 0.717) is 6.04 Å². The smallest absolute Gasteiger partial charge is 0.0370 e. The van der Waals surface area contributed by atoms with Gasteiger partial charge >= 0.3 is 0 Å². The Morgan fingerprint density at radius 1 is 1.56 bits per heavy atom. The maximum Gasteiger partial charge on any atom is 0.0370 e. The Hall–Kier alpha value is -0.0800. The molecule has 53 valence electrons. The lowest BCUT2D eigenvalue weighted by molar-refractivity contribution is 0.384. The van der Waals surface area contributed by atoms with E-state index in [1.807, 2.05) is 7.05 Å². The molecule has 9 heavy (non-hydrogen) atoms. The zero-order valence-corrected chi connectivity index (χ0v) is 6.06. The Kier molecular flexibility index (Phi) is 3.01. The van der Waals surface area contributed by atoms with Gasteiger partial charge in [0.2, 0.25) is 0 Å². The quantitative estimate of drug-likeness (QED) is 0.569. The largest absolute Gasteiger partial charge is 0.318 e. The van der Waals surface area contributed by atoms with E-state index >= 15 is 0 Å². The van der Waals surface area contributed by atoms with Crippen LogP contribution in [0, 0.1) is 0 Å². The van der Waals surface area contributed by atoms with E-state index < -0.39 is 0 Å². The molecule has 1 atom stereocenters. The molecule has 0 aromatic carbocycles. The standard InChI is InChI=1S/C7H15N2/c1-8-6-7-4-2-3-5-9-7/h7-8H,2-6H2,1H3. The fourth-order valence-corrected chi connectivity index (χ4v) is 1.26. The number of nitrogens with zero attached hydrogens (tertiary/aromatic N) is 1. The van der Waals surface area contributed by atoms with Gasteiger partial charge in [0.05, 0.1) is 0 Å². The van der Waals surface area contributed by atoms with E-state index in [9.17, 15) is 0 Å². The van der Waals surface area contributed by atoms with Crippen LogP contribution in [0.4, 0.5) is 0 Å². The lowest BCUT2D eigenvalue weighted by Gasteiger charge is -2.20. The molecule has 1 aliphatic rings. The number of rotatable bonds is 2. The normalized spacial score (nSPS) is 28.3. The molecule has 2 heteroatoms. The summed E-state index contributed by atoms with van der Waals surface area (Å²) in [5.74, 6) is 0. The first-order valence-electron chi connectivity index (χ1n) is 3.74. The molecule has 2 nitrogen and oxygen atoms in total. The molecule has 0 bridgehead atoms. The van der Waals surface area contributed by atoms with Gasteiger partial charge in [0.25, 0.3) is 0 Å². The van der Waals surface area contributed by atoms with Gasteiger partial charge in [0.1, 0.15) is 0 Å². The van der Waals surface area contributed by atoms with Gasteiger partial charge in [-0.25, -0.2) is 5.32 Å². The predicted molar refractivity (Wildman–Crippen MR) is 38.6 cm³/mol. The van der Waals surface area contributed by atoms with Crippen LogP contribution in [0.3, 0.4) is 0 Å². The topological polar surface area (TPSA) is 26.1 Å². The van der Waals surface area contributed by atoms with Gasteiger partial charge in [-0.2, -0.15) is 0 Å². The van der Waals surface area contributed by atoms with Crippen LogP contribution in [0.25, 0.3) is 0 Å². The maximum absolute atomic E-state index is 4.46. The number of likely N-dealkylation sites (N-methyl/N-ethyl adjacent to an activating group) is 1. The molecule has 1 aliphatic heterocycles. The average Bonchev–Trinajstić information content (AvgIpc) is 1.91. The van der Waals surface area contributed by atoms with Gasteiger partial charge in [0, 0.05) is 19.1 Å². The number of nitrogens with one attached hydrogen (secondary N) is 1. The summed E-state index contributed by atoms with van der Waals surface area (Å²) in [4.78, 5) is 0. The summed E-state index contributed by atoms with van der Waals surface area (Å²) < 4.78 is 0. The van der Waals surface area contributed by atoms with Crippen molar-refractivity contribution in [2.45, 2.75) is 25.3 Å². The summed E-state index contributed by atoms with van der Waals surface area (Å²) in [6, 6.07) is 0.615. The number of piperidine rings is 1. The van der Waals surface area contributed by atoms with Crippen molar-refractivity contribution in [1.29, 1.82) is 0 Å². The predicted octanol–water partition coefficient (Wildman–Crippen LogP) is 0.363. The molecule has 1 unspecified atom stereocenters. The van der Waals surface area contributed by atoms with E-state index in [0.717, 1.165) is 13.1 Å². The summed E-state index contributed by atoms with van der Waals surface area (Å²) in [5, 5.41) is 7.60. The van der Waals surface area contributed by atoms with Crippen molar-refractivity contribution in [1.82, 2.24) is 10.6 Å². The molecular formula is C7H15N2. The maximum atomic E-state index is 4.46. The third kappa shape index (κ3) is 2.33. The highest BCUT2D eigenvalue weighted by molar-refractivity contribution is 4.72. The highest BCUT2D eigenvalue weighted by Gasteiger charge is 2.11. The summed E-state index contributed by atoms with van der Waals surface area (Å²) >= 11 is 0. The van der Waals surface area contributed by atoms with Crippen LogP contribution in [0.15, 0.2) is 0 Å². The Labute approximate surface area is 57.0 Å². The van der Waals surface area contributed by atoms with Crippen molar-refractivity contribution in [3.05, 3.63) is 0 Å². The second-order valence-electron chi connectivity index (χ2n) is 2.61. The monoisotopic (exact) mass is 127 g/mol. The lowest BCUT2D eigenvalue weighted by Crippen LogP contribution is -2.35. The zero-order valence-electron chi connectivity index (χ0n) is 6.06. The summed E-state index contributed by atoms with van der Waals surface area (Å²) in [7, 11) is 1.99. The Balaban J connectivity index is 2.08. The molecule has 0 spiro atoms. The van der Waals surface area contributed by atoms with Crippen molar-refractivity contribution in [3.8, 4) is 0 Å². The molecule has 0 aromatic rings. The van der Waals surface area contributed by atoms with Crippen molar-refractivity contribution in [2.75, 3.05) is 20.1 Å². The molecule has 1 fully saturated rings. The second-order valence-corrected chi connectivity index (χ2v) is 2.61. The van der Waals surface area contributed by atoms with Crippen molar-refractivity contribution in [3.63, 3.8) is 0 Å².